The fourth-order valence-corrected chi connectivity index (χ4v) is 4.03. The second-order valence-corrected chi connectivity index (χ2v) is 8.70. The average molecular weight is 488 g/mol. The molecule has 2 saturated heterocycles. The quantitative estimate of drug-likeness (QED) is 0.298. The molecule has 1 aromatic heterocycles. The summed E-state index contributed by atoms with van der Waals surface area (Å²) in [7, 11) is 2.05. The largest absolute Gasteiger partial charge is 0.368 e. The van der Waals surface area contributed by atoms with Gasteiger partial charge in [0, 0.05) is 55.9 Å². The predicted molar refractivity (Wildman–Crippen MR) is 153 cm³/mol. The van der Waals surface area contributed by atoms with Gasteiger partial charge in [-0.15, -0.1) is 13.2 Å². The first-order chi connectivity index (χ1) is 17.5. The molecule has 1 unspecified atom stereocenters. The van der Waals surface area contributed by atoms with Crippen molar-refractivity contribution in [3.8, 4) is 0 Å². The number of rotatable bonds is 4. The molecule has 6 nitrogen and oxygen atoms in total. The molecule has 0 spiro atoms. The van der Waals surface area contributed by atoms with Crippen molar-refractivity contribution in [2.75, 3.05) is 38.1 Å². The number of fused-ring (bicyclic) bond motifs is 1. The van der Waals surface area contributed by atoms with E-state index in [1.807, 2.05) is 19.4 Å². The van der Waals surface area contributed by atoms with Crippen LogP contribution < -0.4 is 10.2 Å². The number of aryl methyl sites for hydroxylation is 1. The highest BCUT2D eigenvalue weighted by molar-refractivity contribution is 5.82. The Morgan fingerprint density at radius 3 is 2.25 bits per heavy atom. The SMILES string of the molecule is C=C.C=C(c1cnc(N2CCCC(NC)CC2)nc1)N1CC1.CC=O.Cc1ccc2ccccc2c1. The molecule has 0 radical (unpaired) electrons. The van der Waals surface area contributed by atoms with Crippen molar-refractivity contribution >= 4 is 28.7 Å². The lowest BCUT2D eigenvalue weighted by molar-refractivity contribution is -0.106. The molecule has 192 valence electrons. The van der Waals surface area contributed by atoms with Crippen LogP contribution in [0.5, 0.6) is 0 Å². The summed E-state index contributed by atoms with van der Waals surface area (Å²) in [6, 6.07) is 15.5. The van der Waals surface area contributed by atoms with Gasteiger partial charge in [-0.25, -0.2) is 9.97 Å². The summed E-state index contributed by atoms with van der Waals surface area (Å²) in [5, 5.41) is 6.02. The minimum Gasteiger partial charge on any atom is -0.368 e. The summed E-state index contributed by atoms with van der Waals surface area (Å²) in [6.45, 7) is 17.9. The lowest BCUT2D eigenvalue weighted by Crippen LogP contribution is -2.29. The molecule has 2 aliphatic rings. The van der Waals surface area contributed by atoms with E-state index in [9.17, 15) is 0 Å². The number of aldehydes is 1. The van der Waals surface area contributed by atoms with Gasteiger partial charge in [-0.3, -0.25) is 0 Å². The van der Waals surface area contributed by atoms with Crippen molar-refractivity contribution < 1.29 is 4.79 Å². The van der Waals surface area contributed by atoms with Crippen molar-refractivity contribution in [2.45, 2.75) is 39.2 Å². The number of aromatic nitrogens is 2. The van der Waals surface area contributed by atoms with Crippen molar-refractivity contribution in [3.05, 3.63) is 85.7 Å². The van der Waals surface area contributed by atoms with Gasteiger partial charge in [-0.05, 0) is 50.9 Å². The Labute approximate surface area is 216 Å². The van der Waals surface area contributed by atoms with Gasteiger partial charge < -0.3 is 19.9 Å². The minimum absolute atomic E-state index is 0.627. The summed E-state index contributed by atoms with van der Waals surface area (Å²) in [5.41, 5.74) is 3.40. The molecule has 0 saturated carbocycles. The number of carbonyl (C=O) groups is 1. The molecule has 1 atom stereocenters. The Balaban J connectivity index is 0.000000240. The fourth-order valence-electron chi connectivity index (χ4n) is 4.03. The lowest BCUT2D eigenvalue weighted by atomic mass is 10.1. The maximum Gasteiger partial charge on any atom is 0.225 e. The first-order valence-electron chi connectivity index (χ1n) is 12.6. The van der Waals surface area contributed by atoms with Gasteiger partial charge in [0.1, 0.15) is 6.29 Å². The minimum atomic E-state index is 0.627. The summed E-state index contributed by atoms with van der Waals surface area (Å²) < 4.78 is 0. The molecule has 2 fully saturated rings. The van der Waals surface area contributed by atoms with Gasteiger partial charge in [0.25, 0.3) is 0 Å². The van der Waals surface area contributed by atoms with E-state index in [1.54, 1.807) is 0 Å². The standard InChI is InChI=1S/C15H23N5.C11H10.C2H4O.C2H4/c1-12(19-8-9-19)13-10-17-15(18-11-13)20-6-3-4-14(16-2)5-7-20;1-9-6-7-10-4-2-3-5-11(10)8-9;1-2-3;1-2/h10-11,14,16H,1,3-9H2,2H3;2-8H,1H3;2H,1H3;1-2H2. The molecule has 3 heterocycles. The maximum atomic E-state index is 8.81. The number of benzene rings is 2. The Bertz CT molecular complexity index is 1080. The van der Waals surface area contributed by atoms with E-state index in [-0.39, 0.29) is 0 Å². The zero-order valence-corrected chi connectivity index (χ0v) is 22.1. The van der Waals surface area contributed by atoms with Crippen LogP contribution >= 0.6 is 0 Å². The number of carbonyl (C=O) groups excluding carboxylic acids is 1. The first-order valence-corrected chi connectivity index (χ1v) is 12.6. The summed E-state index contributed by atoms with van der Waals surface area (Å²) in [4.78, 5) is 22.4. The molecule has 0 amide bonds. The fraction of sp³-hybridized carbons (Fsp3) is 0.367. The number of hydrogen-bond donors (Lipinski definition) is 1. The summed E-state index contributed by atoms with van der Waals surface area (Å²) in [5.74, 6) is 0.851. The third-order valence-electron chi connectivity index (χ3n) is 6.12. The van der Waals surface area contributed by atoms with Gasteiger partial charge in [0.15, 0.2) is 0 Å². The van der Waals surface area contributed by atoms with Crippen LogP contribution in [-0.2, 0) is 4.79 Å². The molecule has 6 heteroatoms. The first kappa shape index (κ1) is 28.7. The van der Waals surface area contributed by atoms with E-state index in [2.05, 4.69) is 94.2 Å². The van der Waals surface area contributed by atoms with Gasteiger partial charge in [-0.1, -0.05) is 54.6 Å². The molecule has 2 aliphatic heterocycles. The molecular weight excluding hydrogens is 446 g/mol. The second kappa shape index (κ2) is 15.5. The van der Waals surface area contributed by atoms with E-state index in [1.165, 1.54) is 36.1 Å². The van der Waals surface area contributed by atoms with Crippen LogP contribution in [0, 0.1) is 6.92 Å². The van der Waals surface area contributed by atoms with Gasteiger partial charge in [-0.2, -0.15) is 0 Å². The highest BCUT2D eigenvalue weighted by atomic mass is 16.1. The van der Waals surface area contributed by atoms with E-state index in [4.69, 9.17) is 4.79 Å². The molecule has 0 bridgehead atoms. The molecule has 3 aromatic rings. The van der Waals surface area contributed by atoms with Gasteiger partial charge in [0.2, 0.25) is 5.95 Å². The van der Waals surface area contributed by atoms with E-state index in [0.29, 0.717) is 6.04 Å². The predicted octanol–water partition coefficient (Wildman–Crippen LogP) is 5.50. The van der Waals surface area contributed by atoms with Crippen LogP contribution in [-0.4, -0.2) is 60.4 Å². The Morgan fingerprint density at radius 1 is 1.00 bits per heavy atom. The molecule has 0 aliphatic carbocycles. The second-order valence-electron chi connectivity index (χ2n) is 8.70. The number of anilines is 1. The zero-order valence-electron chi connectivity index (χ0n) is 22.1. The lowest BCUT2D eigenvalue weighted by Gasteiger charge is -2.20. The van der Waals surface area contributed by atoms with Crippen molar-refractivity contribution in [1.82, 2.24) is 20.2 Å². The van der Waals surface area contributed by atoms with Crippen molar-refractivity contribution in [1.29, 1.82) is 0 Å². The van der Waals surface area contributed by atoms with Crippen LogP contribution in [0.2, 0.25) is 0 Å². The van der Waals surface area contributed by atoms with Crippen LogP contribution in [0.25, 0.3) is 16.5 Å². The number of nitrogens with one attached hydrogen (secondary N) is 1. The van der Waals surface area contributed by atoms with Gasteiger partial charge >= 0.3 is 0 Å². The Morgan fingerprint density at radius 2 is 1.64 bits per heavy atom. The van der Waals surface area contributed by atoms with Crippen LogP contribution in [0.4, 0.5) is 5.95 Å². The monoisotopic (exact) mass is 487 g/mol. The molecule has 5 rings (SSSR count). The van der Waals surface area contributed by atoms with E-state index < -0.39 is 0 Å². The smallest absolute Gasteiger partial charge is 0.225 e. The molecule has 2 aromatic carbocycles. The van der Waals surface area contributed by atoms with E-state index in [0.717, 1.165) is 56.1 Å². The van der Waals surface area contributed by atoms with E-state index >= 15 is 0 Å². The van der Waals surface area contributed by atoms with Gasteiger partial charge in [0.05, 0.1) is 0 Å². The molecule has 36 heavy (non-hydrogen) atoms. The third-order valence-corrected chi connectivity index (χ3v) is 6.12. The zero-order chi connectivity index (χ0) is 26.3. The van der Waals surface area contributed by atoms with Crippen LogP contribution in [0.1, 0.15) is 37.3 Å². The third kappa shape index (κ3) is 8.93. The number of hydrogen-bond acceptors (Lipinski definition) is 6. The highest BCUT2D eigenvalue weighted by Gasteiger charge is 2.21. The van der Waals surface area contributed by atoms with Crippen molar-refractivity contribution in [2.24, 2.45) is 0 Å². The highest BCUT2D eigenvalue weighted by Crippen LogP contribution is 2.23. The normalized spacial score (nSPS) is 16.1. The van der Waals surface area contributed by atoms with Crippen LogP contribution in [0.3, 0.4) is 0 Å². The Hall–Kier alpha value is -3.51. The van der Waals surface area contributed by atoms with Crippen molar-refractivity contribution in [3.63, 3.8) is 0 Å². The maximum absolute atomic E-state index is 8.81. The molecule has 1 N–H and O–H groups in total. The molecular formula is C30H41N5O. The topological polar surface area (TPSA) is 61.1 Å². The number of nitrogens with zero attached hydrogens (tertiary/aromatic N) is 4. The van der Waals surface area contributed by atoms with Crippen LogP contribution in [0.15, 0.2) is 74.6 Å². The Kier molecular flexibility index (Phi) is 12.4. The summed E-state index contributed by atoms with van der Waals surface area (Å²) >= 11 is 0. The summed E-state index contributed by atoms with van der Waals surface area (Å²) in [6.07, 6.45) is 8.14. The average Bonchev–Trinajstić information content (AvgIpc) is 3.78.